The Morgan fingerprint density at radius 1 is 1.00 bits per heavy atom. The van der Waals surface area contributed by atoms with Crippen molar-refractivity contribution in [1.82, 2.24) is 0 Å². The molecule has 11 heavy (non-hydrogen) atoms. The number of hydrogen-bond acceptors (Lipinski definition) is 0. The van der Waals surface area contributed by atoms with Crippen molar-refractivity contribution < 1.29 is 77.5 Å². The van der Waals surface area contributed by atoms with E-state index in [-0.39, 0.29) is 51.4 Å². The summed E-state index contributed by atoms with van der Waals surface area (Å²) >= 11 is 0. The van der Waals surface area contributed by atoms with Crippen molar-refractivity contribution >= 4 is 6.98 Å². The molecular formula is C3H4BF6K. The summed E-state index contributed by atoms with van der Waals surface area (Å²) in [5.74, 6) is 0. The van der Waals surface area contributed by atoms with E-state index in [0.717, 1.165) is 0 Å². The van der Waals surface area contributed by atoms with E-state index < -0.39 is 25.9 Å². The zero-order valence-corrected chi connectivity index (χ0v) is 8.88. The van der Waals surface area contributed by atoms with Gasteiger partial charge in [-0.2, -0.15) is 13.2 Å². The van der Waals surface area contributed by atoms with Gasteiger partial charge in [0.05, 0.1) is 0 Å². The summed E-state index contributed by atoms with van der Waals surface area (Å²) < 4.78 is 66.7. The third kappa shape index (κ3) is 14.2. The molecule has 0 unspecified atom stereocenters. The fraction of sp³-hybridized carbons (Fsp3) is 1.00. The van der Waals surface area contributed by atoms with Gasteiger partial charge in [-0.3, -0.25) is 0 Å². The summed E-state index contributed by atoms with van der Waals surface area (Å²) in [5.41, 5.74) is 0. The first-order valence-electron chi connectivity index (χ1n) is 2.48. The van der Waals surface area contributed by atoms with Gasteiger partial charge >= 0.3 is 64.5 Å². The fourth-order valence-corrected chi connectivity index (χ4v) is 0.327. The van der Waals surface area contributed by atoms with Gasteiger partial charge in [0, 0.05) is 6.42 Å². The van der Waals surface area contributed by atoms with E-state index in [1.165, 1.54) is 0 Å². The molecule has 0 aromatic carbocycles. The van der Waals surface area contributed by atoms with Gasteiger partial charge in [-0.05, 0) is 0 Å². The normalized spacial score (nSPS) is 12.5. The number of rotatable bonds is 2. The Bertz CT molecular complexity index is 91.4. The van der Waals surface area contributed by atoms with Gasteiger partial charge in [0.15, 0.2) is 0 Å². The van der Waals surface area contributed by atoms with Gasteiger partial charge in [0.2, 0.25) is 0 Å². The molecule has 0 heterocycles. The van der Waals surface area contributed by atoms with Crippen molar-refractivity contribution in [3.63, 3.8) is 0 Å². The molecule has 0 N–H and O–H groups in total. The van der Waals surface area contributed by atoms with Crippen LogP contribution in [0, 0.1) is 0 Å². The van der Waals surface area contributed by atoms with Crippen LogP contribution < -0.4 is 51.4 Å². The summed E-state index contributed by atoms with van der Waals surface area (Å²) in [4.78, 5) is 0. The molecule has 0 aliphatic rings. The molecule has 0 aliphatic heterocycles. The molecular weight excluding hydrogens is 200 g/mol. The maximum Gasteiger partial charge on any atom is 1.00 e. The summed E-state index contributed by atoms with van der Waals surface area (Å²) in [6.45, 7) is -5.29. The molecule has 0 aromatic rings. The van der Waals surface area contributed by atoms with Crippen LogP contribution in [0.25, 0.3) is 0 Å². The zero-order chi connectivity index (χ0) is 8.41. The average Bonchev–Trinajstić information content (AvgIpc) is 1.57. The van der Waals surface area contributed by atoms with Crippen LogP contribution in [0.4, 0.5) is 26.1 Å². The summed E-state index contributed by atoms with van der Waals surface area (Å²) in [6, 6.07) is 0. The molecule has 0 fully saturated rings. The first-order valence-corrected chi connectivity index (χ1v) is 2.48. The monoisotopic (exact) mass is 204 g/mol. The Morgan fingerprint density at radius 2 is 1.36 bits per heavy atom. The van der Waals surface area contributed by atoms with Crippen molar-refractivity contribution in [3.8, 4) is 0 Å². The minimum Gasteiger partial charge on any atom is -0.449 e. The Labute approximate surface area is 102 Å². The summed E-state index contributed by atoms with van der Waals surface area (Å²) in [5, 5.41) is 0. The molecule has 0 aromatic heterocycles. The van der Waals surface area contributed by atoms with Crippen LogP contribution in [0.3, 0.4) is 0 Å². The minimum atomic E-state index is -5.29. The Kier molecular flexibility index (Phi) is 6.86. The van der Waals surface area contributed by atoms with Gasteiger partial charge in [-0.15, -0.1) is 0 Å². The van der Waals surface area contributed by atoms with Crippen LogP contribution in [-0.4, -0.2) is 13.2 Å². The Morgan fingerprint density at radius 3 is 1.45 bits per heavy atom. The molecule has 8 heteroatoms. The van der Waals surface area contributed by atoms with Crippen molar-refractivity contribution in [1.29, 1.82) is 0 Å². The van der Waals surface area contributed by atoms with Gasteiger partial charge in [0.25, 0.3) is 0 Å². The molecule has 0 nitrogen and oxygen atoms in total. The predicted molar refractivity (Wildman–Crippen MR) is 24.6 cm³/mol. The molecule has 0 amide bonds. The first kappa shape index (κ1) is 14.8. The molecule has 0 aliphatic carbocycles. The first-order chi connectivity index (χ1) is 4.21. The SMILES string of the molecule is F[B-](F)(F)CCC(F)(F)F.[K+]. The summed E-state index contributed by atoms with van der Waals surface area (Å²) in [7, 11) is 0. The Hall–Kier alpha value is 1.28. The third-order valence-electron chi connectivity index (χ3n) is 0.755. The minimum absolute atomic E-state index is 0. The molecule has 0 radical (unpaired) electrons. The van der Waals surface area contributed by atoms with Crippen molar-refractivity contribution in [2.75, 3.05) is 0 Å². The van der Waals surface area contributed by atoms with Crippen LogP contribution in [0.1, 0.15) is 6.42 Å². The molecule has 0 atom stereocenters. The van der Waals surface area contributed by atoms with Gasteiger partial charge in [0.1, 0.15) is 0 Å². The number of alkyl halides is 3. The second-order valence-corrected chi connectivity index (χ2v) is 1.86. The van der Waals surface area contributed by atoms with Crippen LogP contribution in [0.15, 0.2) is 0 Å². The molecule has 62 valence electrons. The van der Waals surface area contributed by atoms with E-state index in [1.807, 2.05) is 0 Å². The third-order valence-corrected chi connectivity index (χ3v) is 0.755. The van der Waals surface area contributed by atoms with Gasteiger partial charge in [-0.1, -0.05) is 6.32 Å². The van der Waals surface area contributed by atoms with E-state index >= 15 is 0 Å². The summed E-state index contributed by atoms with van der Waals surface area (Å²) in [6.07, 6.45) is -8.20. The zero-order valence-electron chi connectivity index (χ0n) is 5.76. The Balaban J connectivity index is 0. The van der Waals surface area contributed by atoms with Crippen molar-refractivity contribution in [2.24, 2.45) is 0 Å². The molecule has 0 bridgehead atoms. The predicted octanol–water partition coefficient (Wildman–Crippen LogP) is -0.210. The van der Waals surface area contributed by atoms with Crippen molar-refractivity contribution in [3.05, 3.63) is 0 Å². The van der Waals surface area contributed by atoms with E-state index in [4.69, 9.17) is 0 Å². The molecule has 0 spiro atoms. The maximum atomic E-state index is 11.1. The van der Waals surface area contributed by atoms with Crippen LogP contribution in [-0.2, 0) is 0 Å². The van der Waals surface area contributed by atoms with Crippen molar-refractivity contribution in [2.45, 2.75) is 18.9 Å². The van der Waals surface area contributed by atoms with Gasteiger partial charge in [-0.25, -0.2) is 0 Å². The molecule has 0 saturated carbocycles. The second-order valence-electron chi connectivity index (χ2n) is 1.86. The largest absolute Gasteiger partial charge is 1.00 e. The van der Waals surface area contributed by atoms with E-state index in [0.29, 0.717) is 0 Å². The average molecular weight is 204 g/mol. The topological polar surface area (TPSA) is 0 Å². The van der Waals surface area contributed by atoms with E-state index in [1.54, 1.807) is 0 Å². The van der Waals surface area contributed by atoms with Crippen LogP contribution in [0.2, 0.25) is 6.32 Å². The maximum absolute atomic E-state index is 11.1. The van der Waals surface area contributed by atoms with E-state index in [2.05, 4.69) is 0 Å². The molecule has 0 saturated heterocycles. The number of hydrogen-bond donors (Lipinski definition) is 0. The number of halogens is 6. The van der Waals surface area contributed by atoms with Crippen LogP contribution >= 0.6 is 0 Å². The smallest absolute Gasteiger partial charge is 0.449 e. The standard InChI is InChI=1S/C3H4BF6.K/c5-3(6,7)1-2-4(8,9)10;/h1-2H2;/q-1;+1. The quantitative estimate of drug-likeness (QED) is 0.431. The van der Waals surface area contributed by atoms with E-state index in [9.17, 15) is 26.1 Å². The molecule has 0 rings (SSSR count). The van der Waals surface area contributed by atoms with Gasteiger partial charge < -0.3 is 12.9 Å². The second kappa shape index (κ2) is 5.11. The van der Waals surface area contributed by atoms with Crippen LogP contribution in [0.5, 0.6) is 0 Å². The fourth-order valence-electron chi connectivity index (χ4n) is 0.327.